The number of amides is 1. The number of fused-ring (bicyclic) bond motifs is 1. The highest BCUT2D eigenvalue weighted by Crippen LogP contribution is 2.33. The quantitative estimate of drug-likeness (QED) is 0.412. The molecular formula is C25H24N2O2S. The first-order valence-corrected chi connectivity index (χ1v) is 10.9. The molecule has 0 saturated carbocycles. The molecule has 1 aromatic heterocycles. The van der Waals surface area contributed by atoms with Crippen LogP contribution in [0.5, 0.6) is 5.75 Å². The number of carbonyl (C=O) groups is 1. The lowest BCUT2D eigenvalue weighted by atomic mass is 9.98. The van der Waals surface area contributed by atoms with Gasteiger partial charge in [0.2, 0.25) is 5.91 Å². The van der Waals surface area contributed by atoms with Crippen molar-refractivity contribution < 1.29 is 9.53 Å². The molecule has 5 heteroatoms. The number of thiazole rings is 1. The van der Waals surface area contributed by atoms with Crippen LogP contribution in [0.1, 0.15) is 29.0 Å². The van der Waals surface area contributed by atoms with Crippen LogP contribution in [-0.2, 0) is 17.6 Å². The maximum atomic E-state index is 13.4. The van der Waals surface area contributed by atoms with Gasteiger partial charge in [-0.15, -0.1) is 11.3 Å². The first-order chi connectivity index (χ1) is 14.7. The summed E-state index contributed by atoms with van der Waals surface area (Å²) in [4.78, 5) is 18.1. The van der Waals surface area contributed by atoms with E-state index < -0.39 is 5.92 Å². The lowest BCUT2D eigenvalue weighted by Crippen LogP contribution is -2.23. The molecule has 0 spiro atoms. The fourth-order valence-electron chi connectivity index (χ4n) is 3.48. The van der Waals surface area contributed by atoms with E-state index in [9.17, 15) is 4.79 Å². The van der Waals surface area contributed by atoms with Crippen LogP contribution in [0, 0.1) is 0 Å². The van der Waals surface area contributed by atoms with Crippen LogP contribution in [0.2, 0.25) is 0 Å². The summed E-state index contributed by atoms with van der Waals surface area (Å²) < 4.78 is 6.60. The first kappa shape index (κ1) is 20.1. The third-order valence-corrected chi connectivity index (χ3v) is 6.32. The lowest BCUT2D eigenvalue weighted by molar-refractivity contribution is -0.117. The molecule has 0 bridgehead atoms. The van der Waals surface area contributed by atoms with E-state index in [4.69, 9.17) is 9.72 Å². The molecule has 1 unspecified atom stereocenters. The molecule has 1 atom stereocenters. The van der Waals surface area contributed by atoms with Crippen LogP contribution >= 0.6 is 11.3 Å². The van der Waals surface area contributed by atoms with E-state index in [1.165, 1.54) is 5.56 Å². The van der Waals surface area contributed by atoms with E-state index in [1.54, 1.807) is 18.4 Å². The van der Waals surface area contributed by atoms with Crippen molar-refractivity contribution in [1.29, 1.82) is 0 Å². The number of carbonyl (C=O) groups excluding carboxylic acids is 1. The van der Waals surface area contributed by atoms with Gasteiger partial charge in [-0.1, -0.05) is 49.4 Å². The predicted molar refractivity (Wildman–Crippen MR) is 124 cm³/mol. The Morgan fingerprint density at radius 1 is 1.03 bits per heavy atom. The number of methoxy groups -OCH3 is 1. The number of nitrogens with one attached hydrogen (secondary N) is 1. The minimum atomic E-state index is -0.412. The van der Waals surface area contributed by atoms with Crippen LogP contribution in [0.25, 0.3) is 10.2 Å². The molecule has 3 aromatic carbocycles. The van der Waals surface area contributed by atoms with E-state index in [1.807, 2.05) is 72.8 Å². The Kier molecular flexibility index (Phi) is 6.10. The Labute approximate surface area is 180 Å². The average molecular weight is 417 g/mol. The van der Waals surface area contributed by atoms with Gasteiger partial charge in [-0.25, -0.2) is 4.98 Å². The smallest absolute Gasteiger partial charge is 0.234 e. The van der Waals surface area contributed by atoms with Crippen LogP contribution in [0.4, 0.5) is 5.69 Å². The molecule has 0 radical (unpaired) electrons. The zero-order valence-corrected chi connectivity index (χ0v) is 17.9. The molecule has 0 saturated heterocycles. The van der Waals surface area contributed by atoms with Gasteiger partial charge in [-0.2, -0.15) is 0 Å². The van der Waals surface area contributed by atoms with Gasteiger partial charge in [-0.3, -0.25) is 4.79 Å². The zero-order chi connectivity index (χ0) is 20.9. The summed E-state index contributed by atoms with van der Waals surface area (Å²) in [7, 11) is 1.65. The van der Waals surface area contributed by atoms with E-state index >= 15 is 0 Å². The molecule has 1 N–H and O–H groups in total. The molecule has 4 rings (SSSR count). The van der Waals surface area contributed by atoms with Gasteiger partial charge in [0.25, 0.3) is 0 Å². The maximum Gasteiger partial charge on any atom is 0.234 e. The number of anilines is 1. The van der Waals surface area contributed by atoms with Gasteiger partial charge in [0.05, 0.1) is 23.2 Å². The van der Waals surface area contributed by atoms with Crippen molar-refractivity contribution in [2.24, 2.45) is 0 Å². The molecule has 0 aliphatic heterocycles. The van der Waals surface area contributed by atoms with Gasteiger partial charge in [0.1, 0.15) is 10.8 Å². The summed E-state index contributed by atoms with van der Waals surface area (Å²) >= 11 is 1.57. The number of para-hydroxylation sites is 2. The molecule has 0 fully saturated rings. The first-order valence-electron chi connectivity index (χ1n) is 10.0. The van der Waals surface area contributed by atoms with E-state index in [0.29, 0.717) is 6.42 Å². The normalized spacial score (nSPS) is 11.9. The summed E-state index contributed by atoms with van der Waals surface area (Å²) in [6, 6.07) is 23.8. The van der Waals surface area contributed by atoms with Crippen molar-refractivity contribution in [2.45, 2.75) is 25.7 Å². The van der Waals surface area contributed by atoms with Crippen LogP contribution in [-0.4, -0.2) is 18.0 Å². The van der Waals surface area contributed by atoms with Gasteiger partial charge >= 0.3 is 0 Å². The predicted octanol–water partition coefficient (Wildman–Crippen LogP) is 5.83. The minimum Gasteiger partial charge on any atom is -0.496 e. The number of ether oxygens (including phenoxy) is 1. The van der Waals surface area contributed by atoms with Crippen molar-refractivity contribution in [2.75, 3.05) is 12.4 Å². The van der Waals surface area contributed by atoms with E-state index in [0.717, 1.165) is 38.6 Å². The molecule has 152 valence electrons. The van der Waals surface area contributed by atoms with Gasteiger partial charge in [-0.05, 0) is 54.3 Å². The van der Waals surface area contributed by atoms with Crippen molar-refractivity contribution in [3.63, 3.8) is 0 Å². The van der Waals surface area contributed by atoms with Gasteiger partial charge < -0.3 is 10.1 Å². The SMILES string of the molecule is CCc1ccc(NC(=O)C(Cc2ccccc2OC)c2nc3ccccc3s2)cc1. The van der Waals surface area contributed by atoms with Crippen molar-refractivity contribution >= 4 is 33.1 Å². The third kappa shape index (κ3) is 4.36. The molecule has 30 heavy (non-hydrogen) atoms. The number of nitrogens with zero attached hydrogens (tertiary/aromatic N) is 1. The molecule has 0 aliphatic carbocycles. The van der Waals surface area contributed by atoms with Crippen molar-refractivity contribution in [3.8, 4) is 5.75 Å². The Hall–Kier alpha value is -3.18. The van der Waals surface area contributed by atoms with Crippen LogP contribution < -0.4 is 10.1 Å². The number of aromatic nitrogens is 1. The minimum absolute atomic E-state index is 0.0655. The zero-order valence-electron chi connectivity index (χ0n) is 17.1. The Balaban J connectivity index is 1.67. The second kappa shape index (κ2) is 9.09. The Morgan fingerprint density at radius 3 is 2.50 bits per heavy atom. The standard InChI is InChI=1S/C25H24N2O2S/c1-3-17-12-14-19(15-13-17)26-24(28)20(16-18-8-4-6-10-22(18)29-2)25-27-21-9-5-7-11-23(21)30-25/h4-15,20H,3,16H2,1-2H3,(H,26,28). The van der Waals surface area contributed by atoms with Crippen molar-refractivity contribution in [1.82, 2.24) is 4.98 Å². The fourth-order valence-corrected chi connectivity index (χ4v) is 4.54. The van der Waals surface area contributed by atoms with Gasteiger partial charge in [0.15, 0.2) is 0 Å². The van der Waals surface area contributed by atoms with Crippen LogP contribution in [0.3, 0.4) is 0 Å². The third-order valence-electron chi connectivity index (χ3n) is 5.17. The second-order valence-corrected chi connectivity index (χ2v) is 8.19. The molecular weight excluding hydrogens is 392 g/mol. The molecule has 1 heterocycles. The summed E-state index contributed by atoms with van der Waals surface area (Å²) in [5, 5.41) is 3.89. The second-order valence-electron chi connectivity index (χ2n) is 7.13. The Morgan fingerprint density at radius 2 is 1.77 bits per heavy atom. The van der Waals surface area contributed by atoms with Gasteiger partial charge in [0, 0.05) is 5.69 Å². The van der Waals surface area contributed by atoms with Crippen LogP contribution in [0.15, 0.2) is 72.8 Å². The van der Waals surface area contributed by atoms with Crippen molar-refractivity contribution in [3.05, 3.63) is 88.9 Å². The van der Waals surface area contributed by atoms with E-state index in [-0.39, 0.29) is 5.91 Å². The Bertz CT molecular complexity index is 1120. The highest BCUT2D eigenvalue weighted by Gasteiger charge is 2.26. The summed E-state index contributed by atoms with van der Waals surface area (Å²) in [5.41, 5.74) is 3.94. The highest BCUT2D eigenvalue weighted by molar-refractivity contribution is 7.18. The number of hydrogen-bond donors (Lipinski definition) is 1. The average Bonchev–Trinajstić information content (AvgIpc) is 3.22. The fraction of sp³-hybridized carbons (Fsp3) is 0.200. The number of benzene rings is 3. The largest absolute Gasteiger partial charge is 0.496 e. The molecule has 0 aliphatic rings. The summed E-state index contributed by atoms with van der Waals surface area (Å²) in [6.45, 7) is 2.12. The number of rotatable bonds is 7. The number of hydrogen-bond acceptors (Lipinski definition) is 4. The molecule has 4 aromatic rings. The lowest BCUT2D eigenvalue weighted by Gasteiger charge is -2.17. The topological polar surface area (TPSA) is 51.2 Å². The molecule has 1 amide bonds. The highest BCUT2D eigenvalue weighted by atomic mass is 32.1. The summed E-state index contributed by atoms with van der Waals surface area (Å²) in [6.07, 6.45) is 1.49. The molecule has 4 nitrogen and oxygen atoms in total. The summed E-state index contributed by atoms with van der Waals surface area (Å²) in [5.74, 6) is 0.303. The monoisotopic (exact) mass is 416 g/mol. The van der Waals surface area contributed by atoms with E-state index in [2.05, 4.69) is 12.2 Å². The number of aryl methyl sites for hydroxylation is 1. The maximum absolute atomic E-state index is 13.4.